The van der Waals surface area contributed by atoms with Crippen LogP contribution >= 0.6 is 11.3 Å². The first kappa shape index (κ1) is 11.2. The van der Waals surface area contributed by atoms with Crippen molar-refractivity contribution in [1.82, 2.24) is 9.97 Å². The Kier molecular flexibility index (Phi) is 2.94. The van der Waals surface area contributed by atoms with Gasteiger partial charge >= 0.3 is 0 Å². The topological polar surface area (TPSA) is 51.8 Å². The number of anilines is 1. The number of rotatable bonds is 3. The van der Waals surface area contributed by atoms with Crippen molar-refractivity contribution in [3.63, 3.8) is 0 Å². The molecular formula is C14H13N3S. The molecule has 3 nitrogen and oxygen atoms in total. The molecule has 0 bridgehead atoms. The number of nitrogen functional groups attached to an aromatic ring is 1. The van der Waals surface area contributed by atoms with E-state index in [1.165, 1.54) is 5.56 Å². The van der Waals surface area contributed by atoms with Crippen LogP contribution in [0.4, 0.5) is 5.69 Å². The summed E-state index contributed by atoms with van der Waals surface area (Å²) in [7, 11) is 0. The van der Waals surface area contributed by atoms with E-state index in [4.69, 9.17) is 5.73 Å². The van der Waals surface area contributed by atoms with Crippen molar-refractivity contribution in [2.45, 2.75) is 12.8 Å². The Bertz CT molecular complexity index is 661. The molecule has 0 saturated heterocycles. The van der Waals surface area contributed by atoms with Crippen molar-refractivity contribution in [2.24, 2.45) is 0 Å². The van der Waals surface area contributed by atoms with E-state index >= 15 is 0 Å². The van der Waals surface area contributed by atoms with Crippen molar-refractivity contribution in [3.8, 4) is 0 Å². The van der Waals surface area contributed by atoms with E-state index in [0.29, 0.717) is 0 Å². The second-order valence-corrected chi connectivity index (χ2v) is 5.31. The van der Waals surface area contributed by atoms with Gasteiger partial charge in [0.25, 0.3) is 0 Å². The zero-order valence-corrected chi connectivity index (χ0v) is 10.7. The number of hydrogen-bond donors (Lipinski definition) is 1. The number of benzene rings is 1. The minimum Gasteiger partial charge on any atom is -0.399 e. The third-order valence-corrected chi connectivity index (χ3v) is 3.89. The lowest BCUT2D eigenvalue weighted by molar-refractivity contribution is 0.940. The molecule has 4 heteroatoms. The third-order valence-electron chi connectivity index (χ3n) is 2.81. The van der Waals surface area contributed by atoms with Gasteiger partial charge in [0.2, 0.25) is 0 Å². The molecule has 18 heavy (non-hydrogen) atoms. The van der Waals surface area contributed by atoms with E-state index < -0.39 is 0 Å². The number of aryl methyl sites for hydroxylation is 2. The van der Waals surface area contributed by atoms with E-state index in [1.54, 1.807) is 17.5 Å². The van der Waals surface area contributed by atoms with Crippen LogP contribution in [0.15, 0.2) is 42.7 Å². The summed E-state index contributed by atoms with van der Waals surface area (Å²) < 4.78 is 1.16. The van der Waals surface area contributed by atoms with E-state index in [-0.39, 0.29) is 0 Å². The van der Waals surface area contributed by atoms with Crippen LogP contribution in [0.2, 0.25) is 0 Å². The fourth-order valence-corrected chi connectivity index (χ4v) is 2.91. The Morgan fingerprint density at radius 1 is 1.17 bits per heavy atom. The number of thiazole rings is 1. The largest absolute Gasteiger partial charge is 0.399 e. The summed E-state index contributed by atoms with van der Waals surface area (Å²) in [6.45, 7) is 0. The standard InChI is InChI=1S/C14H13N3S/c15-11-4-5-12-13(8-11)18-14(17-12)6-3-10-2-1-7-16-9-10/h1-2,4-5,7-9H,3,6,15H2. The monoisotopic (exact) mass is 255 g/mol. The van der Waals surface area contributed by atoms with Gasteiger partial charge in [-0.3, -0.25) is 4.98 Å². The summed E-state index contributed by atoms with van der Waals surface area (Å²) in [4.78, 5) is 8.73. The van der Waals surface area contributed by atoms with Gasteiger partial charge in [-0.15, -0.1) is 11.3 Å². The Labute approximate surface area is 109 Å². The molecule has 0 unspecified atom stereocenters. The second kappa shape index (κ2) is 4.74. The number of aromatic nitrogens is 2. The highest BCUT2D eigenvalue weighted by atomic mass is 32.1. The molecular weight excluding hydrogens is 242 g/mol. The number of fused-ring (bicyclic) bond motifs is 1. The van der Waals surface area contributed by atoms with Gasteiger partial charge in [0, 0.05) is 24.5 Å². The summed E-state index contributed by atoms with van der Waals surface area (Å²) >= 11 is 1.72. The fourth-order valence-electron chi connectivity index (χ4n) is 1.89. The molecule has 0 saturated carbocycles. The average Bonchev–Trinajstić information content (AvgIpc) is 2.79. The van der Waals surface area contributed by atoms with E-state index in [2.05, 4.69) is 16.0 Å². The van der Waals surface area contributed by atoms with Crippen LogP contribution < -0.4 is 5.73 Å². The molecule has 0 aliphatic heterocycles. The molecule has 3 aromatic rings. The molecule has 3 rings (SSSR count). The third kappa shape index (κ3) is 2.33. The summed E-state index contributed by atoms with van der Waals surface area (Å²) in [5, 5.41) is 1.15. The van der Waals surface area contributed by atoms with Crippen molar-refractivity contribution < 1.29 is 0 Å². The molecule has 0 aliphatic rings. The van der Waals surface area contributed by atoms with Gasteiger partial charge in [0.05, 0.1) is 15.2 Å². The van der Waals surface area contributed by atoms with E-state index in [9.17, 15) is 0 Å². The molecule has 1 aromatic carbocycles. The summed E-state index contributed by atoms with van der Waals surface area (Å²) in [5.74, 6) is 0. The highest BCUT2D eigenvalue weighted by molar-refractivity contribution is 7.18. The number of hydrogen-bond acceptors (Lipinski definition) is 4. The number of nitrogens with two attached hydrogens (primary N) is 1. The minimum atomic E-state index is 0.796. The first-order valence-electron chi connectivity index (χ1n) is 5.85. The Morgan fingerprint density at radius 2 is 2.11 bits per heavy atom. The molecule has 0 spiro atoms. The van der Waals surface area contributed by atoms with E-state index in [0.717, 1.165) is 33.8 Å². The van der Waals surface area contributed by atoms with Crippen molar-refractivity contribution in [2.75, 3.05) is 5.73 Å². The van der Waals surface area contributed by atoms with E-state index in [1.807, 2.05) is 30.5 Å². The lowest BCUT2D eigenvalue weighted by atomic mass is 10.2. The molecule has 0 radical (unpaired) electrons. The molecule has 0 amide bonds. The zero-order valence-electron chi connectivity index (χ0n) is 9.84. The van der Waals surface area contributed by atoms with Gasteiger partial charge in [-0.05, 0) is 36.2 Å². The Morgan fingerprint density at radius 3 is 2.94 bits per heavy atom. The first-order chi connectivity index (χ1) is 8.81. The van der Waals surface area contributed by atoms with Crippen LogP contribution in [0, 0.1) is 0 Å². The second-order valence-electron chi connectivity index (χ2n) is 4.20. The van der Waals surface area contributed by atoms with Gasteiger partial charge in [-0.1, -0.05) is 6.07 Å². The maximum absolute atomic E-state index is 5.77. The lowest BCUT2D eigenvalue weighted by Gasteiger charge is -1.96. The fraction of sp³-hybridized carbons (Fsp3) is 0.143. The molecule has 0 atom stereocenters. The van der Waals surface area contributed by atoms with Gasteiger partial charge in [-0.25, -0.2) is 4.98 Å². The maximum Gasteiger partial charge on any atom is 0.0941 e. The quantitative estimate of drug-likeness (QED) is 0.732. The van der Waals surface area contributed by atoms with Crippen molar-refractivity contribution in [1.29, 1.82) is 0 Å². The van der Waals surface area contributed by atoms with Gasteiger partial charge in [-0.2, -0.15) is 0 Å². The highest BCUT2D eigenvalue weighted by Gasteiger charge is 2.04. The average molecular weight is 255 g/mol. The maximum atomic E-state index is 5.77. The molecule has 0 fully saturated rings. The van der Waals surface area contributed by atoms with Gasteiger partial charge in [0.15, 0.2) is 0 Å². The number of pyridine rings is 1. The zero-order chi connectivity index (χ0) is 12.4. The number of nitrogens with zero attached hydrogens (tertiary/aromatic N) is 2. The summed E-state index contributed by atoms with van der Waals surface area (Å²) in [6, 6.07) is 9.93. The molecule has 2 heterocycles. The van der Waals surface area contributed by atoms with Crippen molar-refractivity contribution in [3.05, 3.63) is 53.3 Å². The first-order valence-corrected chi connectivity index (χ1v) is 6.67. The van der Waals surface area contributed by atoms with Crippen LogP contribution in [0.5, 0.6) is 0 Å². The Hall–Kier alpha value is -1.94. The summed E-state index contributed by atoms with van der Waals surface area (Å²) in [6.07, 6.45) is 5.63. The molecule has 90 valence electrons. The van der Waals surface area contributed by atoms with Gasteiger partial charge < -0.3 is 5.73 Å². The molecule has 0 aliphatic carbocycles. The normalized spacial score (nSPS) is 10.9. The van der Waals surface area contributed by atoms with Crippen LogP contribution in [-0.2, 0) is 12.8 Å². The molecule has 2 aromatic heterocycles. The van der Waals surface area contributed by atoms with Crippen LogP contribution in [0.1, 0.15) is 10.6 Å². The minimum absolute atomic E-state index is 0.796. The van der Waals surface area contributed by atoms with Gasteiger partial charge in [0.1, 0.15) is 0 Å². The van der Waals surface area contributed by atoms with Crippen LogP contribution in [-0.4, -0.2) is 9.97 Å². The molecule has 2 N–H and O–H groups in total. The predicted octanol–water partition coefficient (Wildman–Crippen LogP) is 3.06. The predicted molar refractivity (Wildman–Crippen MR) is 75.7 cm³/mol. The SMILES string of the molecule is Nc1ccc2nc(CCc3cccnc3)sc2c1. The highest BCUT2D eigenvalue weighted by Crippen LogP contribution is 2.24. The van der Waals surface area contributed by atoms with Crippen LogP contribution in [0.3, 0.4) is 0 Å². The summed E-state index contributed by atoms with van der Waals surface area (Å²) in [5.41, 5.74) is 8.85. The Balaban J connectivity index is 1.79. The van der Waals surface area contributed by atoms with Crippen molar-refractivity contribution >= 4 is 27.2 Å². The lowest BCUT2D eigenvalue weighted by Crippen LogP contribution is -1.90. The van der Waals surface area contributed by atoms with Crippen LogP contribution in [0.25, 0.3) is 10.2 Å². The smallest absolute Gasteiger partial charge is 0.0941 e.